The van der Waals surface area contributed by atoms with Crippen molar-refractivity contribution in [3.8, 4) is 5.75 Å². The van der Waals surface area contributed by atoms with Crippen molar-refractivity contribution >= 4 is 35.2 Å². The Morgan fingerprint density at radius 3 is 2.73 bits per heavy atom. The highest BCUT2D eigenvalue weighted by Gasteiger charge is 2.19. The number of allylic oxidation sites excluding steroid dienone is 5. The van der Waals surface area contributed by atoms with Crippen LogP contribution in [0.4, 0.5) is 0 Å². The van der Waals surface area contributed by atoms with Crippen LogP contribution in [0, 0.1) is 0 Å². The van der Waals surface area contributed by atoms with Gasteiger partial charge in [-0.3, -0.25) is 14.4 Å². The van der Waals surface area contributed by atoms with Crippen LogP contribution in [-0.2, 0) is 14.4 Å². The molecule has 1 aromatic rings. The minimum absolute atomic E-state index is 0.0859. The largest absolute Gasteiger partial charge is 0.494 e. The van der Waals surface area contributed by atoms with Crippen molar-refractivity contribution < 1.29 is 19.1 Å². The SMILES string of the molecule is COc1cnc(Cl)cc1C1=C/C(=C\CC(=O)N(C)C)CC(=O)C=C1C=O. The summed E-state index contributed by atoms with van der Waals surface area (Å²) in [6.45, 7) is 0. The number of hydrogen-bond donors (Lipinski definition) is 0. The molecule has 7 heteroatoms. The molecule has 1 aromatic heterocycles. The first kappa shape index (κ1) is 19.6. The van der Waals surface area contributed by atoms with Gasteiger partial charge in [0.05, 0.1) is 13.3 Å². The summed E-state index contributed by atoms with van der Waals surface area (Å²) < 4.78 is 5.31. The Morgan fingerprint density at radius 2 is 2.12 bits per heavy atom. The number of carbonyl (C=O) groups is 3. The summed E-state index contributed by atoms with van der Waals surface area (Å²) in [7, 11) is 4.81. The first-order valence-electron chi connectivity index (χ1n) is 7.86. The number of pyridine rings is 1. The number of methoxy groups -OCH3 is 1. The molecule has 2 rings (SSSR count). The predicted octanol–water partition coefficient (Wildman–Crippen LogP) is 2.63. The van der Waals surface area contributed by atoms with Crippen LogP contribution in [0.3, 0.4) is 0 Å². The molecule has 0 atom stereocenters. The number of amides is 1. The highest BCUT2D eigenvalue weighted by molar-refractivity contribution is 6.29. The lowest BCUT2D eigenvalue weighted by Crippen LogP contribution is -2.20. The average molecular weight is 375 g/mol. The minimum Gasteiger partial charge on any atom is -0.494 e. The monoisotopic (exact) mass is 374 g/mol. The Hall–Kier alpha value is -2.73. The van der Waals surface area contributed by atoms with E-state index in [1.54, 1.807) is 32.3 Å². The van der Waals surface area contributed by atoms with Crippen LogP contribution in [0.15, 0.2) is 41.6 Å². The van der Waals surface area contributed by atoms with Gasteiger partial charge in [0.25, 0.3) is 0 Å². The maximum Gasteiger partial charge on any atom is 0.225 e. The van der Waals surface area contributed by atoms with Crippen LogP contribution in [0.1, 0.15) is 18.4 Å². The second-order valence-corrected chi connectivity index (χ2v) is 6.28. The van der Waals surface area contributed by atoms with E-state index in [1.165, 1.54) is 24.3 Å². The fraction of sp³-hybridized carbons (Fsp3) is 0.263. The van der Waals surface area contributed by atoms with Gasteiger partial charge in [0.2, 0.25) is 5.91 Å². The minimum atomic E-state index is -0.221. The molecule has 1 aliphatic carbocycles. The number of rotatable bonds is 5. The summed E-state index contributed by atoms with van der Waals surface area (Å²) in [4.78, 5) is 41.0. The molecule has 1 amide bonds. The summed E-state index contributed by atoms with van der Waals surface area (Å²) in [5.41, 5.74) is 1.90. The van der Waals surface area contributed by atoms with Gasteiger partial charge in [0.1, 0.15) is 10.9 Å². The van der Waals surface area contributed by atoms with E-state index < -0.39 is 0 Å². The van der Waals surface area contributed by atoms with Crippen molar-refractivity contribution in [2.45, 2.75) is 12.8 Å². The van der Waals surface area contributed by atoms with Crippen LogP contribution < -0.4 is 4.74 Å². The maximum absolute atomic E-state index is 12.2. The predicted molar refractivity (Wildman–Crippen MR) is 98.9 cm³/mol. The zero-order valence-corrected chi connectivity index (χ0v) is 15.5. The van der Waals surface area contributed by atoms with Crippen LogP contribution in [0.25, 0.3) is 5.57 Å². The molecular weight excluding hydrogens is 356 g/mol. The fourth-order valence-corrected chi connectivity index (χ4v) is 2.63. The zero-order valence-electron chi connectivity index (χ0n) is 14.8. The van der Waals surface area contributed by atoms with Gasteiger partial charge in [-0.05, 0) is 23.3 Å². The topological polar surface area (TPSA) is 76.6 Å². The Bertz CT molecular complexity index is 838. The van der Waals surface area contributed by atoms with E-state index in [0.29, 0.717) is 28.7 Å². The number of aromatic nitrogens is 1. The Kier molecular flexibility index (Phi) is 6.46. The average Bonchev–Trinajstić information content (AvgIpc) is 2.77. The number of hydrogen-bond acceptors (Lipinski definition) is 5. The number of halogens is 1. The van der Waals surface area contributed by atoms with Crippen molar-refractivity contribution in [3.63, 3.8) is 0 Å². The molecule has 136 valence electrons. The van der Waals surface area contributed by atoms with E-state index in [9.17, 15) is 14.4 Å². The van der Waals surface area contributed by atoms with Gasteiger partial charge >= 0.3 is 0 Å². The lowest BCUT2D eigenvalue weighted by Gasteiger charge is -2.12. The van der Waals surface area contributed by atoms with Gasteiger partial charge in [0.15, 0.2) is 12.1 Å². The molecule has 0 unspecified atom stereocenters. The molecule has 6 nitrogen and oxygen atoms in total. The van der Waals surface area contributed by atoms with E-state index in [0.717, 1.165) is 0 Å². The van der Waals surface area contributed by atoms with E-state index in [4.69, 9.17) is 16.3 Å². The van der Waals surface area contributed by atoms with E-state index in [2.05, 4.69) is 4.98 Å². The molecule has 0 radical (unpaired) electrons. The Labute approximate surface area is 156 Å². The number of ketones is 1. The summed E-state index contributed by atoms with van der Waals surface area (Å²) in [6.07, 6.45) is 7.02. The Balaban J connectivity index is 2.57. The smallest absolute Gasteiger partial charge is 0.225 e. The Morgan fingerprint density at radius 1 is 1.38 bits per heavy atom. The molecule has 0 aromatic carbocycles. The lowest BCUT2D eigenvalue weighted by molar-refractivity contribution is -0.127. The third-order valence-electron chi connectivity index (χ3n) is 3.84. The van der Waals surface area contributed by atoms with Gasteiger partial charge in [0, 0.05) is 38.1 Å². The normalized spacial score (nSPS) is 15.8. The standard InChI is InChI=1S/C19H19ClN2O4/c1-22(2)19(25)5-4-12-6-14(24)8-13(11-23)15(7-12)16-9-18(20)21-10-17(16)26-3/h4,7-11H,5-6H2,1-3H3/b12-4-. The summed E-state index contributed by atoms with van der Waals surface area (Å²) in [6, 6.07) is 1.57. The summed E-state index contributed by atoms with van der Waals surface area (Å²) >= 11 is 5.99. The zero-order chi connectivity index (χ0) is 19.3. The molecular formula is C19H19ClN2O4. The van der Waals surface area contributed by atoms with Crippen molar-refractivity contribution in [2.75, 3.05) is 21.2 Å². The molecule has 0 saturated heterocycles. The van der Waals surface area contributed by atoms with Crippen molar-refractivity contribution in [1.82, 2.24) is 9.88 Å². The molecule has 1 heterocycles. The lowest BCUT2D eigenvalue weighted by atomic mass is 9.97. The van der Waals surface area contributed by atoms with Crippen molar-refractivity contribution in [3.05, 3.63) is 52.4 Å². The maximum atomic E-state index is 12.2. The number of ether oxygens (including phenoxy) is 1. The van der Waals surface area contributed by atoms with Gasteiger partial charge < -0.3 is 9.64 Å². The van der Waals surface area contributed by atoms with Crippen LogP contribution in [0.2, 0.25) is 5.15 Å². The van der Waals surface area contributed by atoms with E-state index in [1.807, 2.05) is 0 Å². The van der Waals surface area contributed by atoms with Crippen molar-refractivity contribution in [2.24, 2.45) is 0 Å². The van der Waals surface area contributed by atoms with Crippen LogP contribution in [0.5, 0.6) is 5.75 Å². The van der Waals surface area contributed by atoms with Gasteiger partial charge in [-0.1, -0.05) is 23.8 Å². The molecule has 0 aliphatic heterocycles. The van der Waals surface area contributed by atoms with E-state index >= 15 is 0 Å². The second-order valence-electron chi connectivity index (χ2n) is 5.90. The molecule has 1 aliphatic rings. The molecule has 0 fully saturated rings. The number of nitrogens with zero attached hydrogens (tertiary/aromatic N) is 2. The van der Waals surface area contributed by atoms with Gasteiger partial charge in [-0.2, -0.15) is 0 Å². The quantitative estimate of drug-likeness (QED) is 0.585. The molecule has 0 spiro atoms. The summed E-state index contributed by atoms with van der Waals surface area (Å²) in [5, 5.41) is 0.232. The number of aldehydes is 1. The van der Waals surface area contributed by atoms with Gasteiger partial charge in [-0.15, -0.1) is 0 Å². The van der Waals surface area contributed by atoms with Crippen LogP contribution >= 0.6 is 11.6 Å². The highest BCUT2D eigenvalue weighted by atomic mass is 35.5. The molecule has 0 bridgehead atoms. The fourth-order valence-electron chi connectivity index (χ4n) is 2.48. The highest BCUT2D eigenvalue weighted by Crippen LogP contribution is 2.34. The van der Waals surface area contributed by atoms with E-state index in [-0.39, 0.29) is 35.3 Å². The summed E-state index contributed by atoms with van der Waals surface area (Å²) in [5.74, 6) is 0.116. The van der Waals surface area contributed by atoms with Crippen LogP contribution in [-0.4, -0.2) is 49.1 Å². The first-order valence-corrected chi connectivity index (χ1v) is 8.24. The molecule has 0 saturated carbocycles. The molecule has 0 N–H and O–H groups in total. The van der Waals surface area contributed by atoms with Crippen molar-refractivity contribution in [1.29, 1.82) is 0 Å². The molecule has 26 heavy (non-hydrogen) atoms. The number of carbonyl (C=O) groups excluding carboxylic acids is 3. The first-order chi connectivity index (χ1) is 12.3. The van der Waals surface area contributed by atoms with Gasteiger partial charge in [-0.25, -0.2) is 4.98 Å². The third-order valence-corrected chi connectivity index (χ3v) is 4.05. The second kappa shape index (κ2) is 8.58. The third kappa shape index (κ3) is 4.67.